The Hall–Kier alpha value is -1.06. The molecule has 1 atom stereocenters. The Morgan fingerprint density at radius 3 is 2.44 bits per heavy atom. The van der Waals surface area contributed by atoms with Crippen molar-refractivity contribution in [3.8, 4) is 0 Å². The van der Waals surface area contributed by atoms with E-state index in [1.54, 1.807) is 0 Å². The average molecular weight is 249 g/mol. The standard InChI is InChI=1S/C15H27N3/c1-12(2)9-14(11-18(3)4)17-10-13-7-5-6-8-15(13)16/h5-8,12,14,17H,9-11,16H2,1-4H3. The van der Waals surface area contributed by atoms with Gasteiger partial charge in [-0.1, -0.05) is 32.0 Å². The largest absolute Gasteiger partial charge is 0.398 e. The molecular formula is C15H27N3. The number of hydrogen-bond acceptors (Lipinski definition) is 3. The summed E-state index contributed by atoms with van der Waals surface area (Å²) in [5.41, 5.74) is 8.02. The predicted molar refractivity (Wildman–Crippen MR) is 79.5 cm³/mol. The van der Waals surface area contributed by atoms with Gasteiger partial charge >= 0.3 is 0 Å². The van der Waals surface area contributed by atoms with Gasteiger partial charge in [-0.05, 0) is 38.1 Å². The summed E-state index contributed by atoms with van der Waals surface area (Å²) in [6, 6.07) is 8.57. The van der Waals surface area contributed by atoms with E-state index in [-0.39, 0.29) is 0 Å². The topological polar surface area (TPSA) is 41.3 Å². The molecule has 0 aliphatic carbocycles. The first-order valence-electron chi connectivity index (χ1n) is 6.70. The molecule has 0 bridgehead atoms. The summed E-state index contributed by atoms with van der Waals surface area (Å²) in [7, 11) is 4.23. The lowest BCUT2D eigenvalue weighted by atomic mass is 10.0. The van der Waals surface area contributed by atoms with Gasteiger partial charge in [-0.2, -0.15) is 0 Å². The van der Waals surface area contributed by atoms with Crippen molar-refractivity contribution in [2.24, 2.45) is 5.92 Å². The van der Waals surface area contributed by atoms with Crippen LogP contribution in [0.2, 0.25) is 0 Å². The van der Waals surface area contributed by atoms with Crippen molar-refractivity contribution in [2.45, 2.75) is 32.9 Å². The first kappa shape index (κ1) is 15.0. The van der Waals surface area contributed by atoms with Gasteiger partial charge in [0.2, 0.25) is 0 Å². The highest BCUT2D eigenvalue weighted by Gasteiger charge is 2.11. The number of likely N-dealkylation sites (N-methyl/N-ethyl adjacent to an activating group) is 1. The fraction of sp³-hybridized carbons (Fsp3) is 0.600. The summed E-state index contributed by atoms with van der Waals surface area (Å²) in [6.07, 6.45) is 1.19. The molecule has 0 fully saturated rings. The maximum Gasteiger partial charge on any atom is 0.0359 e. The average Bonchev–Trinajstić information content (AvgIpc) is 2.26. The summed E-state index contributed by atoms with van der Waals surface area (Å²) in [5, 5.41) is 3.62. The number of para-hydroxylation sites is 1. The van der Waals surface area contributed by atoms with E-state index in [2.05, 4.69) is 44.2 Å². The Labute approximate surface area is 111 Å². The van der Waals surface area contributed by atoms with E-state index in [9.17, 15) is 0 Å². The van der Waals surface area contributed by atoms with Gasteiger partial charge in [-0.15, -0.1) is 0 Å². The molecule has 0 saturated heterocycles. The molecule has 1 aromatic rings. The van der Waals surface area contributed by atoms with Crippen molar-refractivity contribution in [2.75, 3.05) is 26.4 Å². The van der Waals surface area contributed by atoms with Crippen molar-refractivity contribution < 1.29 is 0 Å². The van der Waals surface area contributed by atoms with Gasteiger partial charge in [0, 0.05) is 24.8 Å². The number of nitrogens with two attached hydrogens (primary N) is 1. The summed E-state index contributed by atoms with van der Waals surface area (Å²) in [5.74, 6) is 0.704. The molecule has 1 rings (SSSR count). The number of nitrogen functional groups attached to an aromatic ring is 1. The Morgan fingerprint density at radius 2 is 1.89 bits per heavy atom. The molecule has 0 amide bonds. The van der Waals surface area contributed by atoms with Crippen LogP contribution in [0.25, 0.3) is 0 Å². The molecule has 0 aromatic heterocycles. The van der Waals surface area contributed by atoms with Gasteiger partial charge in [-0.25, -0.2) is 0 Å². The number of nitrogens with one attached hydrogen (secondary N) is 1. The molecule has 0 aliphatic heterocycles. The third kappa shape index (κ3) is 5.52. The zero-order chi connectivity index (χ0) is 13.5. The Balaban J connectivity index is 2.53. The zero-order valence-electron chi connectivity index (χ0n) is 12.1. The number of anilines is 1. The Bertz CT molecular complexity index is 337. The maximum atomic E-state index is 5.96. The second kappa shape index (κ2) is 7.39. The van der Waals surface area contributed by atoms with E-state index in [1.807, 2.05) is 18.2 Å². The summed E-state index contributed by atoms with van der Waals surface area (Å²) < 4.78 is 0. The second-order valence-corrected chi connectivity index (χ2v) is 5.67. The minimum Gasteiger partial charge on any atom is -0.398 e. The molecule has 0 aliphatic rings. The quantitative estimate of drug-likeness (QED) is 0.729. The number of rotatable bonds is 7. The van der Waals surface area contributed by atoms with Gasteiger partial charge in [0.15, 0.2) is 0 Å². The molecule has 3 N–H and O–H groups in total. The van der Waals surface area contributed by atoms with Crippen molar-refractivity contribution in [1.29, 1.82) is 0 Å². The minimum atomic E-state index is 0.514. The smallest absolute Gasteiger partial charge is 0.0359 e. The zero-order valence-corrected chi connectivity index (χ0v) is 12.1. The molecular weight excluding hydrogens is 222 g/mol. The molecule has 0 saturated carbocycles. The van der Waals surface area contributed by atoms with Crippen LogP contribution in [-0.4, -0.2) is 31.6 Å². The lowest BCUT2D eigenvalue weighted by Crippen LogP contribution is -2.38. The van der Waals surface area contributed by atoms with Crippen LogP contribution in [0.5, 0.6) is 0 Å². The van der Waals surface area contributed by atoms with Crippen LogP contribution in [0.1, 0.15) is 25.8 Å². The normalized spacial score (nSPS) is 13.2. The molecule has 0 radical (unpaired) electrons. The van der Waals surface area contributed by atoms with Gasteiger partial charge in [-0.3, -0.25) is 0 Å². The van der Waals surface area contributed by atoms with Crippen molar-refractivity contribution in [3.05, 3.63) is 29.8 Å². The van der Waals surface area contributed by atoms with Gasteiger partial charge < -0.3 is 16.0 Å². The van der Waals surface area contributed by atoms with Crippen LogP contribution in [-0.2, 0) is 6.54 Å². The van der Waals surface area contributed by atoms with E-state index >= 15 is 0 Å². The molecule has 0 spiro atoms. The molecule has 1 unspecified atom stereocenters. The van der Waals surface area contributed by atoms with Crippen LogP contribution in [0, 0.1) is 5.92 Å². The summed E-state index contributed by atoms with van der Waals surface area (Å²) in [4.78, 5) is 2.23. The lowest BCUT2D eigenvalue weighted by Gasteiger charge is -2.24. The van der Waals surface area contributed by atoms with Crippen LogP contribution in [0.3, 0.4) is 0 Å². The number of benzene rings is 1. The van der Waals surface area contributed by atoms with E-state index < -0.39 is 0 Å². The first-order chi connectivity index (χ1) is 8.49. The fourth-order valence-electron chi connectivity index (χ4n) is 2.18. The van der Waals surface area contributed by atoms with E-state index in [0.717, 1.165) is 18.8 Å². The molecule has 102 valence electrons. The van der Waals surface area contributed by atoms with E-state index in [1.165, 1.54) is 12.0 Å². The Kier molecular flexibility index (Phi) is 6.16. The van der Waals surface area contributed by atoms with Gasteiger partial charge in [0.05, 0.1) is 0 Å². The Morgan fingerprint density at radius 1 is 1.22 bits per heavy atom. The van der Waals surface area contributed by atoms with E-state index in [0.29, 0.717) is 12.0 Å². The third-order valence-corrected chi connectivity index (χ3v) is 2.98. The second-order valence-electron chi connectivity index (χ2n) is 5.67. The predicted octanol–water partition coefficient (Wildman–Crippen LogP) is 2.33. The van der Waals surface area contributed by atoms with Crippen LogP contribution in [0.4, 0.5) is 5.69 Å². The highest BCUT2D eigenvalue weighted by atomic mass is 15.1. The molecule has 0 heterocycles. The molecule has 1 aromatic carbocycles. The van der Waals surface area contributed by atoms with Crippen LogP contribution >= 0.6 is 0 Å². The third-order valence-electron chi connectivity index (χ3n) is 2.98. The number of nitrogens with zero attached hydrogens (tertiary/aromatic N) is 1. The fourth-order valence-corrected chi connectivity index (χ4v) is 2.18. The van der Waals surface area contributed by atoms with Crippen molar-refractivity contribution in [1.82, 2.24) is 10.2 Å². The highest BCUT2D eigenvalue weighted by Crippen LogP contribution is 2.12. The maximum absolute atomic E-state index is 5.96. The van der Waals surface area contributed by atoms with Gasteiger partial charge in [0.25, 0.3) is 0 Å². The van der Waals surface area contributed by atoms with Gasteiger partial charge in [0.1, 0.15) is 0 Å². The SMILES string of the molecule is CC(C)CC(CN(C)C)NCc1ccccc1N. The number of hydrogen-bond donors (Lipinski definition) is 2. The lowest BCUT2D eigenvalue weighted by molar-refractivity contribution is 0.305. The van der Waals surface area contributed by atoms with Crippen molar-refractivity contribution >= 4 is 5.69 Å². The minimum absolute atomic E-state index is 0.514. The molecule has 3 heteroatoms. The van der Waals surface area contributed by atoms with E-state index in [4.69, 9.17) is 5.73 Å². The van der Waals surface area contributed by atoms with Crippen LogP contribution < -0.4 is 11.1 Å². The summed E-state index contributed by atoms with van der Waals surface area (Å²) in [6.45, 7) is 6.44. The van der Waals surface area contributed by atoms with Crippen molar-refractivity contribution in [3.63, 3.8) is 0 Å². The highest BCUT2D eigenvalue weighted by molar-refractivity contribution is 5.46. The first-order valence-corrected chi connectivity index (χ1v) is 6.70. The summed E-state index contributed by atoms with van der Waals surface area (Å²) >= 11 is 0. The molecule has 3 nitrogen and oxygen atoms in total. The molecule has 18 heavy (non-hydrogen) atoms. The van der Waals surface area contributed by atoms with Crippen LogP contribution in [0.15, 0.2) is 24.3 Å². The monoisotopic (exact) mass is 249 g/mol.